The van der Waals surface area contributed by atoms with E-state index in [9.17, 15) is 15.2 Å². The maximum atomic E-state index is 10.5. The minimum absolute atomic E-state index is 0.0407. The van der Waals surface area contributed by atoms with Crippen LogP contribution in [0.15, 0.2) is 18.3 Å². The number of anilines is 1. The van der Waals surface area contributed by atoms with Gasteiger partial charge in [-0.2, -0.15) is 0 Å². The van der Waals surface area contributed by atoms with Gasteiger partial charge in [-0.15, -0.1) is 0 Å². The molecule has 1 aromatic rings. The Morgan fingerprint density at radius 2 is 2.11 bits per heavy atom. The van der Waals surface area contributed by atoms with Gasteiger partial charge in [0.05, 0.1) is 11.0 Å². The lowest BCUT2D eigenvalue weighted by Crippen LogP contribution is -2.27. The molecule has 0 aliphatic carbocycles. The topological polar surface area (TPSA) is 88.3 Å². The molecule has 6 nitrogen and oxygen atoms in total. The van der Waals surface area contributed by atoms with Crippen molar-refractivity contribution in [2.24, 2.45) is 5.92 Å². The quantitative estimate of drug-likeness (QED) is 0.574. The van der Waals surface area contributed by atoms with E-state index in [-0.39, 0.29) is 11.6 Å². The van der Waals surface area contributed by atoms with Crippen LogP contribution in [0.5, 0.6) is 0 Å². The molecule has 0 spiro atoms. The maximum absolute atomic E-state index is 10.5. The van der Waals surface area contributed by atoms with Gasteiger partial charge in [-0.25, -0.2) is 4.98 Å². The molecule has 6 heteroatoms. The second-order valence-electron chi connectivity index (χ2n) is 4.18. The van der Waals surface area contributed by atoms with Crippen molar-refractivity contribution in [3.05, 3.63) is 28.4 Å². The van der Waals surface area contributed by atoms with Crippen molar-refractivity contribution >= 4 is 11.5 Å². The minimum Gasteiger partial charge on any atom is -0.391 e. The van der Waals surface area contributed by atoms with Crippen molar-refractivity contribution in [1.82, 2.24) is 4.98 Å². The second kappa shape index (κ2) is 6.90. The van der Waals surface area contributed by atoms with Gasteiger partial charge in [0.25, 0.3) is 5.69 Å². The number of nitro groups is 1. The summed E-state index contributed by atoms with van der Waals surface area (Å²) in [7, 11) is 0. The predicted molar refractivity (Wildman–Crippen MR) is 69.5 cm³/mol. The predicted octanol–water partition coefficient (Wildman–Crippen LogP) is 2.20. The number of hydrogen-bond acceptors (Lipinski definition) is 5. The smallest absolute Gasteiger partial charge is 0.287 e. The molecule has 0 aliphatic rings. The van der Waals surface area contributed by atoms with Crippen LogP contribution >= 0.6 is 0 Å². The van der Waals surface area contributed by atoms with Crippen molar-refractivity contribution in [2.75, 3.05) is 11.9 Å². The van der Waals surface area contributed by atoms with Crippen molar-refractivity contribution in [3.8, 4) is 0 Å². The summed E-state index contributed by atoms with van der Waals surface area (Å²) in [5.74, 6) is 0.793. The SMILES string of the molecule is CCC(CC)C(O)CNc1ccc([N+](=O)[O-])cn1. The monoisotopic (exact) mass is 253 g/mol. The fourth-order valence-electron chi connectivity index (χ4n) is 1.81. The third kappa shape index (κ3) is 3.96. The molecule has 0 bridgehead atoms. The Morgan fingerprint density at radius 1 is 1.44 bits per heavy atom. The van der Waals surface area contributed by atoms with Gasteiger partial charge in [-0.1, -0.05) is 26.7 Å². The van der Waals surface area contributed by atoms with Crippen LogP contribution in [0.4, 0.5) is 11.5 Å². The standard InChI is InChI=1S/C12H19N3O3/c1-3-9(4-2)11(16)8-14-12-6-5-10(7-13-12)15(17)18/h5-7,9,11,16H,3-4,8H2,1-2H3,(H,13,14). The summed E-state index contributed by atoms with van der Waals surface area (Å²) < 4.78 is 0. The summed E-state index contributed by atoms with van der Waals surface area (Å²) in [6, 6.07) is 2.93. The highest BCUT2D eigenvalue weighted by Gasteiger charge is 2.15. The van der Waals surface area contributed by atoms with E-state index in [1.807, 2.05) is 13.8 Å². The lowest BCUT2D eigenvalue weighted by atomic mass is 9.97. The van der Waals surface area contributed by atoms with Gasteiger partial charge in [0, 0.05) is 12.6 Å². The zero-order chi connectivity index (χ0) is 13.5. The third-order valence-corrected chi connectivity index (χ3v) is 3.04. The Bertz CT molecular complexity index is 377. The number of rotatable bonds is 7. The number of pyridine rings is 1. The minimum atomic E-state index is -0.490. The Morgan fingerprint density at radius 3 is 2.56 bits per heavy atom. The van der Waals surface area contributed by atoms with Crippen LogP contribution < -0.4 is 5.32 Å². The van der Waals surface area contributed by atoms with E-state index in [4.69, 9.17) is 0 Å². The normalized spacial score (nSPS) is 12.4. The number of aliphatic hydroxyl groups excluding tert-OH is 1. The van der Waals surface area contributed by atoms with E-state index in [0.29, 0.717) is 12.4 Å². The van der Waals surface area contributed by atoms with E-state index in [1.165, 1.54) is 18.3 Å². The second-order valence-corrected chi connectivity index (χ2v) is 4.18. The van der Waals surface area contributed by atoms with Crippen LogP contribution in [0.1, 0.15) is 26.7 Å². The summed E-state index contributed by atoms with van der Waals surface area (Å²) >= 11 is 0. The lowest BCUT2D eigenvalue weighted by molar-refractivity contribution is -0.385. The summed E-state index contributed by atoms with van der Waals surface area (Å²) in [4.78, 5) is 13.9. The fourth-order valence-corrected chi connectivity index (χ4v) is 1.81. The molecule has 0 amide bonds. The zero-order valence-corrected chi connectivity index (χ0v) is 10.7. The first-order valence-corrected chi connectivity index (χ1v) is 6.10. The number of nitrogens with zero attached hydrogens (tertiary/aromatic N) is 2. The molecule has 100 valence electrons. The van der Waals surface area contributed by atoms with Crippen molar-refractivity contribution in [2.45, 2.75) is 32.8 Å². The average Bonchev–Trinajstić information content (AvgIpc) is 2.38. The van der Waals surface area contributed by atoms with Gasteiger partial charge in [0.2, 0.25) is 0 Å². The van der Waals surface area contributed by atoms with Gasteiger partial charge in [0.1, 0.15) is 12.0 Å². The lowest BCUT2D eigenvalue weighted by Gasteiger charge is -2.20. The molecule has 0 saturated heterocycles. The van der Waals surface area contributed by atoms with Gasteiger partial charge < -0.3 is 10.4 Å². The number of hydrogen-bond donors (Lipinski definition) is 2. The highest BCUT2D eigenvalue weighted by Crippen LogP contribution is 2.15. The van der Waals surface area contributed by atoms with Crippen LogP contribution in [0, 0.1) is 16.0 Å². The van der Waals surface area contributed by atoms with E-state index < -0.39 is 11.0 Å². The molecule has 1 rings (SSSR count). The Kier molecular flexibility index (Phi) is 5.51. The first kappa shape index (κ1) is 14.4. The largest absolute Gasteiger partial charge is 0.391 e. The molecular formula is C12H19N3O3. The Labute approximate surface area is 106 Å². The number of aromatic nitrogens is 1. The Balaban J connectivity index is 2.50. The van der Waals surface area contributed by atoms with Crippen molar-refractivity contribution in [3.63, 3.8) is 0 Å². The number of aliphatic hydroxyl groups is 1. The first-order valence-electron chi connectivity index (χ1n) is 6.10. The van der Waals surface area contributed by atoms with Crippen LogP contribution in [-0.4, -0.2) is 27.7 Å². The fraction of sp³-hybridized carbons (Fsp3) is 0.583. The summed E-state index contributed by atoms with van der Waals surface area (Å²) in [6.45, 7) is 4.49. The van der Waals surface area contributed by atoms with Gasteiger partial charge in [-0.3, -0.25) is 10.1 Å². The molecule has 1 aromatic heterocycles. The molecule has 1 atom stereocenters. The highest BCUT2D eigenvalue weighted by atomic mass is 16.6. The molecule has 18 heavy (non-hydrogen) atoms. The molecule has 0 aromatic carbocycles. The van der Waals surface area contributed by atoms with Gasteiger partial charge >= 0.3 is 0 Å². The number of nitrogens with one attached hydrogen (secondary N) is 1. The van der Waals surface area contributed by atoms with E-state index in [1.54, 1.807) is 0 Å². The summed E-state index contributed by atoms with van der Waals surface area (Å²) in [5.41, 5.74) is -0.0407. The maximum Gasteiger partial charge on any atom is 0.287 e. The molecular weight excluding hydrogens is 234 g/mol. The molecule has 1 unspecified atom stereocenters. The first-order chi connectivity index (χ1) is 8.58. The summed E-state index contributed by atoms with van der Waals surface area (Å²) in [5, 5.41) is 23.3. The Hall–Kier alpha value is -1.69. The average molecular weight is 253 g/mol. The third-order valence-electron chi connectivity index (χ3n) is 3.04. The van der Waals surface area contributed by atoms with Crippen LogP contribution in [0.25, 0.3) is 0 Å². The molecule has 0 fully saturated rings. The molecule has 0 saturated carbocycles. The molecule has 0 radical (unpaired) electrons. The van der Waals surface area contributed by atoms with E-state index in [0.717, 1.165) is 12.8 Å². The van der Waals surface area contributed by atoms with Gasteiger partial charge in [0.15, 0.2) is 0 Å². The van der Waals surface area contributed by atoms with Gasteiger partial charge in [-0.05, 0) is 12.0 Å². The zero-order valence-electron chi connectivity index (χ0n) is 10.7. The molecule has 2 N–H and O–H groups in total. The van der Waals surface area contributed by atoms with Crippen molar-refractivity contribution < 1.29 is 10.0 Å². The van der Waals surface area contributed by atoms with E-state index in [2.05, 4.69) is 10.3 Å². The molecule has 1 heterocycles. The highest BCUT2D eigenvalue weighted by molar-refractivity contribution is 5.40. The van der Waals surface area contributed by atoms with Crippen LogP contribution in [-0.2, 0) is 0 Å². The van der Waals surface area contributed by atoms with Crippen LogP contribution in [0.2, 0.25) is 0 Å². The van der Waals surface area contributed by atoms with E-state index >= 15 is 0 Å². The molecule has 0 aliphatic heterocycles. The summed E-state index contributed by atoms with van der Waals surface area (Å²) in [6.07, 6.45) is 2.61. The van der Waals surface area contributed by atoms with Crippen molar-refractivity contribution in [1.29, 1.82) is 0 Å². The van der Waals surface area contributed by atoms with Crippen LogP contribution in [0.3, 0.4) is 0 Å².